The number of rotatable bonds is 6. The molecule has 2 saturated heterocycles. The highest BCUT2D eigenvalue weighted by molar-refractivity contribution is 5.99. The van der Waals surface area contributed by atoms with Crippen LogP contribution < -0.4 is 10.1 Å². The molecule has 6 nitrogen and oxygen atoms in total. The predicted molar refractivity (Wildman–Crippen MR) is 119 cm³/mol. The van der Waals surface area contributed by atoms with Crippen LogP contribution in [-0.4, -0.2) is 49.6 Å². The number of benzene rings is 2. The van der Waals surface area contributed by atoms with Crippen LogP contribution in [0.25, 0.3) is 0 Å². The Morgan fingerprint density at radius 2 is 1.61 bits per heavy atom. The highest BCUT2D eigenvalue weighted by Crippen LogP contribution is 2.36. The molecule has 2 aromatic carbocycles. The third kappa shape index (κ3) is 5.07. The molecule has 0 atom stereocenters. The number of anilines is 1. The maximum atomic E-state index is 13.3. The Kier molecular flexibility index (Phi) is 6.87. The Morgan fingerprint density at radius 1 is 0.935 bits per heavy atom. The van der Waals surface area contributed by atoms with Crippen molar-refractivity contribution in [2.75, 3.05) is 38.2 Å². The van der Waals surface area contributed by atoms with Gasteiger partial charge in [0.2, 0.25) is 5.91 Å². The molecule has 0 saturated carbocycles. The Bertz CT molecular complexity index is 870. The number of nitrogens with zero attached hydrogens (tertiary/aromatic N) is 1. The summed E-state index contributed by atoms with van der Waals surface area (Å²) in [5, 5.41) is 3.07. The number of carbonyl (C=O) groups is 2. The number of hydrogen-bond donors (Lipinski definition) is 1. The van der Waals surface area contributed by atoms with Crippen LogP contribution >= 0.6 is 0 Å². The lowest BCUT2D eigenvalue weighted by Gasteiger charge is -2.36. The summed E-state index contributed by atoms with van der Waals surface area (Å²) in [7, 11) is 0. The molecule has 0 aromatic heterocycles. The SMILES string of the molecule is O=C(COc1ccc(NC(=O)C2(c3ccccc3)CCOCC2)cc1)N1CCCCC1. The molecular weight excluding hydrogens is 392 g/mol. The molecule has 0 radical (unpaired) electrons. The average molecular weight is 423 g/mol. The van der Waals surface area contributed by atoms with Gasteiger partial charge >= 0.3 is 0 Å². The predicted octanol–water partition coefficient (Wildman–Crippen LogP) is 3.76. The first-order chi connectivity index (χ1) is 15.2. The van der Waals surface area contributed by atoms with E-state index in [0.717, 1.165) is 31.5 Å². The second kappa shape index (κ2) is 9.96. The monoisotopic (exact) mass is 422 g/mol. The van der Waals surface area contributed by atoms with Gasteiger partial charge < -0.3 is 19.7 Å². The molecule has 2 aromatic rings. The molecule has 0 bridgehead atoms. The third-order valence-electron chi connectivity index (χ3n) is 6.29. The number of nitrogens with one attached hydrogen (secondary N) is 1. The lowest BCUT2D eigenvalue weighted by atomic mass is 9.73. The summed E-state index contributed by atoms with van der Waals surface area (Å²) in [6.45, 7) is 2.83. The van der Waals surface area contributed by atoms with E-state index in [9.17, 15) is 9.59 Å². The Morgan fingerprint density at radius 3 is 2.29 bits per heavy atom. The molecule has 164 valence electrons. The molecule has 6 heteroatoms. The number of piperidine rings is 1. The van der Waals surface area contributed by atoms with E-state index in [-0.39, 0.29) is 18.4 Å². The molecular formula is C25H30N2O4. The number of hydrogen-bond acceptors (Lipinski definition) is 4. The van der Waals surface area contributed by atoms with Crippen LogP contribution in [-0.2, 0) is 19.7 Å². The number of amides is 2. The minimum absolute atomic E-state index is 0.0176. The molecule has 1 N–H and O–H groups in total. The van der Waals surface area contributed by atoms with Crippen LogP contribution in [0.15, 0.2) is 54.6 Å². The summed E-state index contributed by atoms with van der Waals surface area (Å²) in [5.41, 5.74) is 1.14. The van der Waals surface area contributed by atoms with E-state index in [1.165, 1.54) is 6.42 Å². The second-order valence-corrected chi connectivity index (χ2v) is 8.27. The van der Waals surface area contributed by atoms with Gasteiger partial charge in [0, 0.05) is 32.0 Å². The molecule has 2 aliphatic rings. The van der Waals surface area contributed by atoms with E-state index < -0.39 is 5.41 Å². The van der Waals surface area contributed by atoms with Gasteiger partial charge in [0.1, 0.15) is 5.75 Å². The highest BCUT2D eigenvalue weighted by atomic mass is 16.5. The van der Waals surface area contributed by atoms with Gasteiger partial charge in [-0.3, -0.25) is 9.59 Å². The zero-order chi connectivity index (χ0) is 21.5. The van der Waals surface area contributed by atoms with Gasteiger partial charge in [-0.05, 0) is 61.9 Å². The van der Waals surface area contributed by atoms with Gasteiger partial charge in [0.25, 0.3) is 5.91 Å². The summed E-state index contributed by atoms with van der Waals surface area (Å²) >= 11 is 0. The van der Waals surface area contributed by atoms with Crippen molar-refractivity contribution in [1.82, 2.24) is 4.90 Å². The third-order valence-corrected chi connectivity index (χ3v) is 6.29. The lowest BCUT2D eigenvalue weighted by Crippen LogP contribution is -2.44. The van der Waals surface area contributed by atoms with E-state index in [1.54, 1.807) is 12.1 Å². The standard InChI is InChI=1S/C25H30N2O4/c28-23(27-15-5-2-6-16-27)19-31-22-11-9-21(10-12-22)26-24(29)25(13-17-30-18-14-25)20-7-3-1-4-8-20/h1,3-4,7-12H,2,5-6,13-19H2,(H,26,29). The van der Waals surface area contributed by atoms with Crippen LogP contribution in [0.3, 0.4) is 0 Å². The normalized spacial score (nSPS) is 18.3. The van der Waals surface area contributed by atoms with Crippen LogP contribution in [0, 0.1) is 0 Å². The van der Waals surface area contributed by atoms with Gasteiger partial charge in [0.15, 0.2) is 6.61 Å². The van der Waals surface area contributed by atoms with Crippen molar-refractivity contribution in [2.24, 2.45) is 0 Å². The Labute approximate surface area is 183 Å². The fourth-order valence-electron chi connectivity index (χ4n) is 4.39. The zero-order valence-electron chi connectivity index (χ0n) is 17.8. The van der Waals surface area contributed by atoms with Crippen LogP contribution in [0.2, 0.25) is 0 Å². The summed E-state index contributed by atoms with van der Waals surface area (Å²) < 4.78 is 11.2. The van der Waals surface area contributed by atoms with Gasteiger partial charge in [-0.2, -0.15) is 0 Å². The van der Waals surface area contributed by atoms with Crippen LogP contribution in [0.4, 0.5) is 5.69 Å². The van der Waals surface area contributed by atoms with Crippen molar-refractivity contribution in [2.45, 2.75) is 37.5 Å². The Balaban J connectivity index is 1.37. The van der Waals surface area contributed by atoms with Gasteiger partial charge in [-0.15, -0.1) is 0 Å². The number of likely N-dealkylation sites (tertiary alicyclic amines) is 1. The van der Waals surface area contributed by atoms with Crippen molar-refractivity contribution >= 4 is 17.5 Å². The van der Waals surface area contributed by atoms with Gasteiger partial charge in [-0.1, -0.05) is 30.3 Å². The van der Waals surface area contributed by atoms with Crippen molar-refractivity contribution in [3.63, 3.8) is 0 Å². The summed E-state index contributed by atoms with van der Waals surface area (Å²) in [4.78, 5) is 27.4. The van der Waals surface area contributed by atoms with Crippen molar-refractivity contribution in [1.29, 1.82) is 0 Å². The van der Waals surface area contributed by atoms with E-state index in [1.807, 2.05) is 47.4 Å². The van der Waals surface area contributed by atoms with Crippen molar-refractivity contribution < 1.29 is 19.1 Å². The van der Waals surface area contributed by atoms with E-state index in [4.69, 9.17) is 9.47 Å². The minimum Gasteiger partial charge on any atom is -0.484 e. The van der Waals surface area contributed by atoms with Crippen molar-refractivity contribution in [3.05, 3.63) is 60.2 Å². The molecule has 0 unspecified atom stereocenters. The fourth-order valence-corrected chi connectivity index (χ4v) is 4.39. The maximum Gasteiger partial charge on any atom is 0.260 e. The first-order valence-corrected chi connectivity index (χ1v) is 11.1. The topological polar surface area (TPSA) is 67.9 Å². The minimum atomic E-state index is -0.588. The molecule has 0 spiro atoms. The quantitative estimate of drug-likeness (QED) is 0.770. The number of ether oxygens (including phenoxy) is 2. The van der Waals surface area contributed by atoms with Crippen molar-refractivity contribution in [3.8, 4) is 5.75 Å². The maximum absolute atomic E-state index is 13.3. The molecule has 0 aliphatic carbocycles. The molecule has 4 rings (SSSR count). The zero-order valence-corrected chi connectivity index (χ0v) is 17.8. The molecule has 2 amide bonds. The largest absolute Gasteiger partial charge is 0.484 e. The number of carbonyl (C=O) groups excluding carboxylic acids is 2. The van der Waals surface area contributed by atoms with E-state index in [2.05, 4.69) is 5.32 Å². The Hall–Kier alpha value is -2.86. The van der Waals surface area contributed by atoms with Crippen LogP contribution in [0.5, 0.6) is 5.75 Å². The van der Waals surface area contributed by atoms with E-state index in [0.29, 0.717) is 37.5 Å². The molecule has 31 heavy (non-hydrogen) atoms. The molecule has 2 heterocycles. The van der Waals surface area contributed by atoms with Crippen LogP contribution in [0.1, 0.15) is 37.7 Å². The van der Waals surface area contributed by atoms with Gasteiger partial charge in [0.05, 0.1) is 5.41 Å². The first kappa shape index (κ1) is 21.4. The summed E-state index contributed by atoms with van der Waals surface area (Å²) in [6, 6.07) is 17.1. The first-order valence-electron chi connectivity index (χ1n) is 11.1. The van der Waals surface area contributed by atoms with Gasteiger partial charge in [-0.25, -0.2) is 0 Å². The fraction of sp³-hybridized carbons (Fsp3) is 0.440. The molecule has 2 aliphatic heterocycles. The summed E-state index contributed by atoms with van der Waals surface area (Å²) in [5.74, 6) is 0.629. The smallest absolute Gasteiger partial charge is 0.260 e. The highest BCUT2D eigenvalue weighted by Gasteiger charge is 2.41. The summed E-state index contributed by atoms with van der Waals surface area (Å²) in [6.07, 6.45) is 4.63. The second-order valence-electron chi connectivity index (χ2n) is 8.27. The van der Waals surface area contributed by atoms with E-state index >= 15 is 0 Å². The molecule has 2 fully saturated rings. The average Bonchev–Trinajstić information content (AvgIpc) is 2.85. The lowest BCUT2D eigenvalue weighted by molar-refractivity contribution is -0.134.